The zero-order valence-electron chi connectivity index (χ0n) is 7.08. The Bertz CT molecular complexity index is 355. The van der Waals surface area contributed by atoms with E-state index >= 15 is 0 Å². The molecule has 14 heavy (non-hydrogen) atoms. The first-order valence-electron chi connectivity index (χ1n) is 3.67. The van der Waals surface area contributed by atoms with E-state index in [4.69, 9.17) is 38.9 Å². The van der Waals surface area contributed by atoms with Gasteiger partial charge in [0.2, 0.25) is 0 Å². The monoisotopic (exact) mass is 234 g/mol. The first-order valence-corrected chi connectivity index (χ1v) is 4.43. The van der Waals surface area contributed by atoms with E-state index in [1.54, 1.807) is 18.2 Å². The Labute approximate surface area is 90.9 Å². The summed E-state index contributed by atoms with van der Waals surface area (Å²) in [5.41, 5.74) is 5.20. The quantitative estimate of drug-likeness (QED) is 0.365. The topological polar surface area (TPSA) is 67.8 Å². The number of hydrogen-bond donors (Lipinski definition) is 2. The Morgan fingerprint density at radius 3 is 2.71 bits per heavy atom. The third kappa shape index (κ3) is 2.97. The van der Waals surface area contributed by atoms with Crippen LogP contribution in [0.15, 0.2) is 23.4 Å². The minimum absolute atomic E-state index is 0.00549. The second-order valence-corrected chi connectivity index (χ2v) is 3.27. The SMILES string of the molecule is NC(COc1ccc(Cl)c(Cl)c1)=NO. The predicted molar refractivity (Wildman–Crippen MR) is 55.4 cm³/mol. The van der Waals surface area contributed by atoms with Crippen LogP contribution in [0.3, 0.4) is 0 Å². The third-order valence-corrected chi connectivity index (χ3v) is 2.15. The van der Waals surface area contributed by atoms with Crippen LogP contribution in [0, 0.1) is 0 Å². The normalized spacial score (nSPS) is 11.4. The largest absolute Gasteiger partial charge is 0.486 e. The molecule has 76 valence electrons. The van der Waals surface area contributed by atoms with Crippen molar-refractivity contribution in [1.29, 1.82) is 0 Å². The molecule has 0 radical (unpaired) electrons. The van der Waals surface area contributed by atoms with Gasteiger partial charge in [-0.25, -0.2) is 0 Å². The minimum Gasteiger partial charge on any atom is -0.486 e. The van der Waals surface area contributed by atoms with Gasteiger partial charge in [0, 0.05) is 6.07 Å². The summed E-state index contributed by atoms with van der Waals surface area (Å²) < 4.78 is 5.14. The average molecular weight is 235 g/mol. The van der Waals surface area contributed by atoms with Crippen LogP contribution in [-0.4, -0.2) is 17.6 Å². The lowest BCUT2D eigenvalue weighted by molar-refractivity contribution is 0.306. The number of hydrogen-bond acceptors (Lipinski definition) is 3. The van der Waals surface area contributed by atoms with E-state index in [2.05, 4.69) is 5.16 Å². The molecule has 0 bridgehead atoms. The summed E-state index contributed by atoms with van der Waals surface area (Å²) in [5, 5.41) is 11.8. The number of benzene rings is 1. The van der Waals surface area contributed by atoms with Crippen molar-refractivity contribution in [2.24, 2.45) is 10.9 Å². The molecule has 1 rings (SSSR count). The van der Waals surface area contributed by atoms with Gasteiger partial charge in [-0.15, -0.1) is 0 Å². The summed E-state index contributed by atoms with van der Waals surface area (Å²) in [4.78, 5) is 0. The molecule has 4 nitrogen and oxygen atoms in total. The summed E-state index contributed by atoms with van der Waals surface area (Å²) in [7, 11) is 0. The van der Waals surface area contributed by atoms with Crippen LogP contribution in [0.5, 0.6) is 5.75 Å². The van der Waals surface area contributed by atoms with E-state index < -0.39 is 0 Å². The van der Waals surface area contributed by atoms with Crippen LogP contribution in [0.1, 0.15) is 0 Å². The molecular weight excluding hydrogens is 227 g/mol. The molecular formula is C8H8Cl2N2O2. The molecule has 0 saturated carbocycles. The number of amidine groups is 1. The van der Waals surface area contributed by atoms with Crippen LogP contribution in [0.4, 0.5) is 0 Å². The van der Waals surface area contributed by atoms with Crippen molar-refractivity contribution in [2.75, 3.05) is 6.61 Å². The average Bonchev–Trinajstić information content (AvgIpc) is 2.19. The number of nitrogens with two attached hydrogens (primary N) is 1. The van der Waals surface area contributed by atoms with Gasteiger partial charge in [0.1, 0.15) is 12.4 Å². The van der Waals surface area contributed by atoms with Crippen molar-refractivity contribution >= 4 is 29.0 Å². The molecule has 0 aromatic heterocycles. The molecule has 6 heteroatoms. The number of rotatable bonds is 3. The van der Waals surface area contributed by atoms with Crippen molar-refractivity contribution in [3.63, 3.8) is 0 Å². The lowest BCUT2D eigenvalue weighted by atomic mass is 10.3. The van der Waals surface area contributed by atoms with Crippen LogP contribution < -0.4 is 10.5 Å². The molecule has 0 atom stereocenters. The van der Waals surface area contributed by atoms with Gasteiger partial charge >= 0.3 is 0 Å². The summed E-state index contributed by atoms with van der Waals surface area (Å²) in [6.45, 7) is -0.00549. The molecule has 0 amide bonds. The fraction of sp³-hybridized carbons (Fsp3) is 0.125. The summed E-state index contributed by atoms with van der Waals surface area (Å²) in [6.07, 6.45) is 0. The molecule has 0 unspecified atom stereocenters. The smallest absolute Gasteiger partial charge is 0.177 e. The maximum Gasteiger partial charge on any atom is 0.177 e. The van der Waals surface area contributed by atoms with Crippen molar-refractivity contribution in [3.8, 4) is 5.75 Å². The molecule has 0 aliphatic heterocycles. The third-order valence-electron chi connectivity index (χ3n) is 1.41. The van der Waals surface area contributed by atoms with E-state index in [-0.39, 0.29) is 12.4 Å². The molecule has 0 spiro atoms. The molecule has 0 aliphatic carbocycles. The highest BCUT2D eigenvalue weighted by Gasteiger charge is 2.01. The first-order chi connectivity index (χ1) is 6.63. The maximum atomic E-state index is 8.25. The van der Waals surface area contributed by atoms with Gasteiger partial charge in [0.25, 0.3) is 0 Å². The Morgan fingerprint density at radius 2 is 2.14 bits per heavy atom. The van der Waals surface area contributed by atoms with Gasteiger partial charge in [0.15, 0.2) is 5.84 Å². The fourth-order valence-electron chi connectivity index (χ4n) is 0.753. The summed E-state index contributed by atoms with van der Waals surface area (Å²) in [5.74, 6) is 0.488. The molecule has 1 aromatic carbocycles. The number of nitrogens with zero attached hydrogens (tertiary/aromatic N) is 1. The van der Waals surface area contributed by atoms with Crippen LogP contribution in [-0.2, 0) is 0 Å². The Kier molecular flexibility index (Phi) is 3.85. The van der Waals surface area contributed by atoms with E-state index in [0.29, 0.717) is 15.8 Å². The highest BCUT2D eigenvalue weighted by molar-refractivity contribution is 6.42. The van der Waals surface area contributed by atoms with E-state index in [1.807, 2.05) is 0 Å². The minimum atomic E-state index is -0.0175. The number of oxime groups is 1. The highest BCUT2D eigenvalue weighted by atomic mass is 35.5. The van der Waals surface area contributed by atoms with Gasteiger partial charge in [-0.2, -0.15) is 0 Å². The Balaban J connectivity index is 2.64. The van der Waals surface area contributed by atoms with Crippen molar-refractivity contribution < 1.29 is 9.94 Å². The second kappa shape index (κ2) is 4.93. The zero-order chi connectivity index (χ0) is 10.6. The molecule has 3 N–H and O–H groups in total. The van der Waals surface area contributed by atoms with Crippen molar-refractivity contribution in [1.82, 2.24) is 0 Å². The number of ether oxygens (including phenoxy) is 1. The maximum absolute atomic E-state index is 8.25. The van der Waals surface area contributed by atoms with Gasteiger partial charge in [0.05, 0.1) is 10.0 Å². The fourth-order valence-corrected chi connectivity index (χ4v) is 1.04. The second-order valence-electron chi connectivity index (χ2n) is 2.46. The van der Waals surface area contributed by atoms with Crippen LogP contribution in [0.25, 0.3) is 0 Å². The molecule has 0 fully saturated rings. The summed E-state index contributed by atoms with van der Waals surface area (Å²) in [6, 6.07) is 4.79. The lowest BCUT2D eigenvalue weighted by Gasteiger charge is -2.05. The highest BCUT2D eigenvalue weighted by Crippen LogP contribution is 2.26. The molecule has 0 aliphatic rings. The lowest BCUT2D eigenvalue weighted by Crippen LogP contribution is -2.20. The molecule has 1 aromatic rings. The molecule has 0 heterocycles. The molecule has 0 saturated heterocycles. The van der Waals surface area contributed by atoms with E-state index in [0.717, 1.165) is 0 Å². The van der Waals surface area contributed by atoms with Crippen molar-refractivity contribution in [2.45, 2.75) is 0 Å². The summed E-state index contributed by atoms with van der Waals surface area (Å²) >= 11 is 11.4. The van der Waals surface area contributed by atoms with E-state index in [9.17, 15) is 0 Å². The zero-order valence-corrected chi connectivity index (χ0v) is 8.59. The Morgan fingerprint density at radius 1 is 1.43 bits per heavy atom. The van der Waals surface area contributed by atoms with Crippen LogP contribution >= 0.6 is 23.2 Å². The predicted octanol–water partition coefficient (Wildman–Crippen LogP) is 2.12. The van der Waals surface area contributed by atoms with Crippen LogP contribution in [0.2, 0.25) is 10.0 Å². The van der Waals surface area contributed by atoms with Gasteiger partial charge in [-0.3, -0.25) is 0 Å². The first kappa shape index (κ1) is 10.9. The number of halogens is 2. The Hall–Kier alpha value is -1.13. The van der Waals surface area contributed by atoms with E-state index in [1.165, 1.54) is 0 Å². The van der Waals surface area contributed by atoms with Gasteiger partial charge in [-0.05, 0) is 12.1 Å². The van der Waals surface area contributed by atoms with Gasteiger partial charge < -0.3 is 15.7 Å². The van der Waals surface area contributed by atoms with Gasteiger partial charge in [-0.1, -0.05) is 28.4 Å². The van der Waals surface area contributed by atoms with Crippen molar-refractivity contribution in [3.05, 3.63) is 28.2 Å². The standard InChI is InChI=1S/C8H8Cl2N2O2/c9-6-2-1-5(3-7(6)10)14-4-8(11)12-13/h1-3,13H,4H2,(H2,11,12).